The SMILES string of the molecule is CCNC(=NCC(=O)N1CCc2ccccc2C1)NC1CCN(C(=O)C2CCCCC2)C1. The van der Waals surface area contributed by atoms with E-state index in [0.717, 1.165) is 51.9 Å². The lowest BCUT2D eigenvalue weighted by Crippen LogP contribution is -2.46. The van der Waals surface area contributed by atoms with Gasteiger partial charge in [0.05, 0.1) is 0 Å². The van der Waals surface area contributed by atoms with E-state index >= 15 is 0 Å². The van der Waals surface area contributed by atoms with Crippen LogP contribution >= 0.6 is 0 Å². The quantitative estimate of drug-likeness (QED) is 0.545. The molecule has 4 rings (SSSR count). The molecular weight excluding hydrogens is 402 g/mol. The van der Waals surface area contributed by atoms with Gasteiger partial charge in [-0.25, -0.2) is 4.99 Å². The first kappa shape index (κ1) is 22.6. The molecule has 1 unspecified atom stereocenters. The summed E-state index contributed by atoms with van der Waals surface area (Å²) in [6.45, 7) is 5.82. The molecule has 1 aromatic rings. The van der Waals surface area contributed by atoms with Crippen LogP contribution in [0.15, 0.2) is 29.3 Å². The lowest BCUT2D eigenvalue weighted by Gasteiger charge is -2.28. The molecule has 2 heterocycles. The number of aliphatic imine (C=N–C) groups is 1. The second-order valence-electron chi connectivity index (χ2n) is 9.28. The fourth-order valence-corrected chi connectivity index (χ4v) is 5.15. The summed E-state index contributed by atoms with van der Waals surface area (Å²) < 4.78 is 0. The van der Waals surface area contributed by atoms with E-state index in [4.69, 9.17) is 0 Å². The van der Waals surface area contributed by atoms with Crippen LogP contribution in [0.4, 0.5) is 0 Å². The van der Waals surface area contributed by atoms with Gasteiger partial charge in [0.1, 0.15) is 6.54 Å². The first-order chi connectivity index (χ1) is 15.6. The van der Waals surface area contributed by atoms with Crippen molar-refractivity contribution in [2.75, 3.05) is 32.7 Å². The Morgan fingerprint density at radius 1 is 1.03 bits per heavy atom. The Balaban J connectivity index is 1.28. The number of amides is 2. The predicted molar refractivity (Wildman–Crippen MR) is 126 cm³/mol. The van der Waals surface area contributed by atoms with E-state index in [2.05, 4.69) is 33.8 Å². The smallest absolute Gasteiger partial charge is 0.244 e. The normalized spacial score (nSPS) is 21.9. The van der Waals surface area contributed by atoms with E-state index in [1.54, 1.807) is 0 Å². The first-order valence-corrected chi connectivity index (χ1v) is 12.3. The summed E-state index contributed by atoms with van der Waals surface area (Å²) in [7, 11) is 0. The number of likely N-dealkylation sites (tertiary alicyclic amines) is 1. The minimum Gasteiger partial charge on any atom is -0.357 e. The molecule has 2 fully saturated rings. The summed E-state index contributed by atoms with van der Waals surface area (Å²) >= 11 is 0. The van der Waals surface area contributed by atoms with Gasteiger partial charge in [0, 0.05) is 44.7 Å². The zero-order chi connectivity index (χ0) is 22.3. The van der Waals surface area contributed by atoms with Crippen molar-refractivity contribution in [1.29, 1.82) is 0 Å². The highest BCUT2D eigenvalue weighted by Gasteiger charge is 2.32. The van der Waals surface area contributed by atoms with Crippen LogP contribution < -0.4 is 10.6 Å². The molecule has 3 aliphatic rings. The molecule has 32 heavy (non-hydrogen) atoms. The minimum atomic E-state index is 0.0530. The van der Waals surface area contributed by atoms with Crippen LogP contribution in [0, 0.1) is 5.92 Å². The van der Waals surface area contributed by atoms with Gasteiger partial charge in [0.25, 0.3) is 0 Å². The van der Waals surface area contributed by atoms with Crippen molar-refractivity contribution in [2.24, 2.45) is 10.9 Å². The number of rotatable bonds is 5. The van der Waals surface area contributed by atoms with E-state index < -0.39 is 0 Å². The molecule has 2 amide bonds. The van der Waals surface area contributed by atoms with E-state index in [1.165, 1.54) is 30.4 Å². The number of hydrogen-bond acceptors (Lipinski definition) is 3. The van der Waals surface area contributed by atoms with E-state index in [0.29, 0.717) is 18.4 Å². The van der Waals surface area contributed by atoms with Gasteiger partial charge in [-0.05, 0) is 43.7 Å². The molecule has 1 aromatic carbocycles. The summed E-state index contributed by atoms with van der Waals surface area (Å²) in [6, 6.07) is 8.51. The molecule has 174 valence electrons. The minimum absolute atomic E-state index is 0.0530. The maximum atomic E-state index is 12.8. The van der Waals surface area contributed by atoms with Crippen LogP contribution in [0.1, 0.15) is 56.6 Å². The summed E-state index contributed by atoms with van der Waals surface area (Å²) in [5, 5.41) is 6.71. The van der Waals surface area contributed by atoms with E-state index in [1.807, 2.05) is 22.8 Å². The number of carbonyl (C=O) groups excluding carboxylic acids is 2. The van der Waals surface area contributed by atoms with E-state index in [9.17, 15) is 9.59 Å². The summed E-state index contributed by atoms with van der Waals surface area (Å²) in [6.07, 6.45) is 7.52. The van der Waals surface area contributed by atoms with Gasteiger partial charge in [-0.15, -0.1) is 0 Å². The van der Waals surface area contributed by atoms with Crippen LogP contribution in [-0.4, -0.2) is 66.3 Å². The Labute approximate surface area is 191 Å². The van der Waals surface area contributed by atoms with Gasteiger partial charge in [0.15, 0.2) is 5.96 Å². The average Bonchev–Trinajstić information content (AvgIpc) is 3.30. The van der Waals surface area contributed by atoms with Crippen molar-refractivity contribution in [2.45, 2.75) is 64.5 Å². The molecule has 0 radical (unpaired) electrons. The Morgan fingerprint density at radius 3 is 2.59 bits per heavy atom. The molecule has 1 atom stereocenters. The third-order valence-electron chi connectivity index (χ3n) is 7.00. The summed E-state index contributed by atoms with van der Waals surface area (Å²) in [4.78, 5) is 34.1. The third-order valence-corrected chi connectivity index (χ3v) is 7.00. The number of guanidine groups is 1. The van der Waals surface area contributed by atoms with Crippen LogP contribution in [0.25, 0.3) is 0 Å². The van der Waals surface area contributed by atoms with E-state index in [-0.39, 0.29) is 24.4 Å². The largest absolute Gasteiger partial charge is 0.357 e. The standard InChI is InChI=1S/C25H37N5O2/c1-2-26-25(27-16-23(31)29-14-12-19-8-6-7-11-21(19)17-29)28-22-13-15-30(18-22)24(32)20-9-4-3-5-10-20/h6-8,11,20,22H,2-5,9-10,12-18H2,1H3,(H2,26,27,28). The van der Waals surface area contributed by atoms with Crippen molar-refractivity contribution < 1.29 is 9.59 Å². The van der Waals surface area contributed by atoms with Crippen molar-refractivity contribution >= 4 is 17.8 Å². The van der Waals surface area contributed by atoms with Crippen LogP contribution in [0.5, 0.6) is 0 Å². The summed E-state index contributed by atoms with van der Waals surface area (Å²) in [5.41, 5.74) is 2.57. The zero-order valence-electron chi connectivity index (χ0n) is 19.3. The topological polar surface area (TPSA) is 77.0 Å². The maximum absolute atomic E-state index is 12.8. The monoisotopic (exact) mass is 439 g/mol. The fourth-order valence-electron chi connectivity index (χ4n) is 5.15. The number of nitrogens with zero attached hydrogens (tertiary/aromatic N) is 3. The molecule has 1 aliphatic carbocycles. The molecule has 7 heteroatoms. The molecule has 1 saturated carbocycles. The number of benzene rings is 1. The second-order valence-corrected chi connectivity index (χ2v) is 9.28. The highest BCUT2D eigenvalue weighted by Crippen LogP contribution is 2.26. The average molecular weight is 440 g/mol. The molecular formula is C25H37N5O2. The number of fused-ring (bicyclic) bond motifs is 1. The van der Waals surface area contributed by atoms with Gasteiger partial charge in [-0.2, -0.15) is 0 Å². The number of nitrogens with one attached hydrogen (secondary N) is 2. The lowest BCUT2D eigenvalue weighted by molar-refractivity contribution is -0.135. The van der Waals surface area contributed by atoms with Crippen molar-refractivity contribution in [3.05, 3.63) is 35.4 Å². The second kappa shape index (κ2) is 10.8. The molecule has 2 N–H and O–H groups in total. The van der Waals surface area contributed by atoms with Crippen molar-refractivity contribution in [3.8, 4) is 0 Å². The molecule has 0 aromatic heterocycles. The summed E-state index contributed by atoms with van der Waals surface area (Å²) in [5.74, 6) is 1.26. The first-order valence-electron chi connectivity index (χ1n) is 12.3. The van der Waals surface area contributed by atoms with Gasteiger partial charge in [0.2, 0.25) is 11.8 Å². The van der Waals surface area contributed by atoms with Gasteiger partial charge < -0.3 is 20.4 Å². The maximum Gasteiger partial charge on any atom is 0.244 e. The highest BCUT2D eigenvalue weighted by molar-refractivity contribution is 5.85. The van der Waals surface area contributed by atoms with Crippen molar-refractivity contribution in [1.82, 2.24) is 20.4 Å². The Kier molecular flexibility index (Phi) is 7.66. The number of carbonyl (C=O) groups is 2. The molecule has 0 spiro atoms. The van der Waals surface area contributed by atoms with Gasteiger partial charge in [-0.1, -0.05) is 43.5 Å². The Hall–Kier alpha value is -2.57. The van der Waals surface area contributed by atoms with Crippen LogP contribution in [0.3, 0.4) is 0 Å². The van der Waals surface area contributed by atoms with Gasteiger partial charge in [-0.3, -0.25) is 9.59 Å². The predicted octanol–water partition coefficient (Wildman–Crippen LogP) is 2.31. The Morgan fingerprint density at radius 2 is 1.81 bits per heavy atom. The Bertz CT molecular complexity index is 833. The van der Waals surface area contributed by atoms with Crippen molar-refractivity contribution in [3.63, 3.8) is 0 Å². The van der Waals surface area contributed by atoms with Gasteiger partial charge >= 0.3 is 0 Å². The highest BCUT2D eigenvalue weighted by atomic mass is 16.2. The lowest BCUT2D eigenvalue weighted by atomic mass is 9.88. The van der Waals surface area contributed by atoms with Crippen LogP contribution in [-0.2, 0) is 22.6 Å². The fraction of sp³-hybridized carbons (Fsp3) is 0.640. The molecule has 1 saturated heterocycles. The molecule has 7 nitrogen and oxygen atoms in total. The zero-order valence-corrected chi connectivity index (χ0v) is 19.3. The number of hydrogen-bond donors (Lipinski definition) is 2. The van der Waals surface area contributed by atoms with Crippen LogP contribution in [0.2, 0.25) is 0 Å². The third kappa shape index (κ3) is 5.61. The molecule has 0 bridgehead atoms. The molecule has 2 aliphatic heterocycles.